The van der Waals surface area contributed by atoms with Gasteiger partial charge in [0.15, 0.2) is 0 Å². The van der Waals surface area contributed by atoms with Crippen molar-refractivity contribution in [1.29, 1.82) is 0 Å². The van der Waals surface area contributed by atoms with Crippen LogP contribution in [-0.4, -0.2) is 103 Å². The number of rotatable bonds is 20. The quantitative estimate of drug-likeness (QED) is 0.0522. The van der Waals surface area contributed by atoms with E-state index in [1.54, 1.807) is 30.3 Å². The highest BCUT2D eigenvalue weighted by Gasteiger charge is 2.23. The zero-order valence-corrected chi connectivity index (χ0v) is 24.0. The predicted octanol–water partition coefficient (Wildman–Crippen LogP) is -2.28. The van der Waals surface area contributed by atoms with Crippen LogP contribution >= 0.6 is 0 Å². The molecule has 0 saturated carbocycles. The van der Waals surface area contributed by atoms with Gasteiger partial charge in [-0.15, -0.1) is 0 Å². The molecule has 0 aliphatic carbocycles. The number of nitrogens with zero attached hydrogens (tertiary/aromatic N) is 1. The number of carbonyl (C=O) groups is 8. The van der Waals surface area contributed by atoms with Crippen molar-refractivity contribution in [3.8, 4) is 0 Å². The summed E-state index contributed by atoms with van der Waals surface area (Å²) in [6.45, 7) is -2.00. The van der Waals surface area contributed by atoms with Crippen LogP contribution in [0.5, 0.6) is 0 Å². The van der Waals surface area contributed by atoms with Gasteiger partial charge in [0.1, 0.15) is 19.4 Å². The SMILES string of the molecule is O=C(O)COCNC(=O)CNC(=O)[C@@H](Cc1ccccc1)NC(=O)CNC(=O)CNC(=O)CCCCCN1C(=O)C=CC1=O. The number of aliphatic carboxylic acids is 1. The van der Waals surface area contributed by atoms with Gasteiger partial charge in [-0.05, 0) is 18.4 Å². The lowest BCUT2D eigenvalue weighted by molar-refractivity contribution is -0.143. The van der Waals surface area contributed by atoms with E-state index in [1.165, 1.54) is 12.2 Å². The standard InChI is InChI=1S/C28H36N6O10/c35-21(9-5-2-6-12-34-25(39)10-11-26(34)40)29-14-22(36)30-16-24(38)33-20(13-19-7-3-1-4-8-19)28(43)31-15-23(37)32-18-44-17-27(41)42/h1,3-4,7-8,10-11,20H,2,5-6,9,12-18H2,(H,29,35)(H,30,36)(H,31,43)(H,32,37)(H,33,38)(H,41,42)/t20-/m1/s1. The van der Waals surface area contributed by atoms with Crippen molar-refractivity contribution >= 4 is 47.3 Å². The van der Waals surface area contributed by atoms with Gasteiger partial charge in [-0.2, -0.15) is 0 Å². The van der Waals surface area contributed by atoms with Crippen LogP contribution in [0.2, 0.25) is 0 Å². The second-order valence-corrected chi connectivity index (χ2v) is 9.54. The average molecular weight is 617 g/mol. The third-order valence-corrected chi connectivity index (χ3v) is 6.03. The predicted molar refractivity (Wildman–Crippen MR) is 152 cm³/mol. The van der Waals surface area contributed by atoms with Crippen molar-refractivity contribution < 1.29 is 48.2 Å². The lowest BCUT2D eigenvalue weighted by atomic mass is 10.1. The first-order valence-electron chi connectivity index (χ1n) is 13.8. The monoisotopic (exact) mass is 616 g/mol. The molecule has 1 aromatic rings. The van der Waals surface area contributed by atoms with Crippen LogP contribution in [-0.2, 0) is 49.5 Å². The molecule has 1 heterocycles. The number of amides is 7. The van der Waals surface area contributed by atoms with E-state index in [2.05, 4.69) is 26.6 Å². The number of imide groups is 1. The van der Waals surface area contributed by atoms with Crippen LogP contribution < -0.4 is 26.6 Å². The first-order chi connectivity index (χ1) is 21.0. The summed E-state index contributed by atoms with van der Waals surface area (Å²) < 4.78 is 4.70. The maximum atomic E-state index is 12.8. The Morgan fingerprint density at radius 3 is 2.05 bits per heavy atom. The number of benzene rings is 1. The van der Waals surface area contributed by atoms with Gasteiger partial charge >= 0.3 is 5.97 Å². The molecule has 16 heteroatoms. The summed E-state index contributed by atoms with van der Waals surface area (Å²) >= 11 is 0. The first-order valence-corrected chi connectivity index (χ1v) is 13.8. The lowest BCUT2D eigenvalue weighted by Crippen LogP contribution is -2.52. The van der Waals surface area contributed by atoms with Gasteiger partial charge in [-0.1, -0.05) is 36.8 Å². The Hall–Kier alpha value is -5.12. The number of nitrogens with one attached hydrogen (secondary N) is 5. The normalized spacial score (nSPS) is 12.8. The smallest absolute Gasteiger partial charge is 0.329 e. The second-order valence-electron chi connectivity index (χ2n) is 9.54. The van der Waals surface area contributed by atoms with Gasteiger partial charge in [0.25, 0.3) is 11.8 Å². The molecule has 0 unspecified atom stereocenters. The van der Waals surface area contributed by atoms with E-state index in [1.807, 2.05) is 0 Å². The van der Waals surface area contributed by atoms with Crippen molar-refractivity contribution in [3.05, 3.63) is 48.0 Å². The number of hydrogen-bond acceptors (Lipinski definition) is 9. The largest absolute Gasteiger partial charge is 0.480 e. The van der Waals surface area contributed by atoms with Gasteiger partial charge in [-0.3, -0.25) is 38.5 Å². The summed E-state index contributed by atoms with van der Waals surface area (Å²) in [5, 5.41) is 20.5. The highest BCUT2D eigenvalue weighted by Crippen LogP contribution is 2.08. The Morgan fingerprint density at radius 1 is 0.750 bits per heavy atom. The molecule has 238 valence electrons. The summed E-state index contributed by atoms with van der Waals surface area (Å²) in [5.41, 5.74) is 0.723. The van der Waals surface area contributed by atoms with Crippen LogP contribution in [0.1, 0.15) is 31.2 Å². The van der Waals surface area contributed by atoms with Crippen LogP contribution in [0, 0.1) is 0 Å². The molecule has 0 radical (unpaired) electrons. The van der Waals surface area contributed by atoms with Crippen molar-refractivity contribution in [1.82, 2.24) is 31.5 Å². The van der Waals surface area contributed by atoms with Gasteiger partial charge in [0.05, 0.1) is 19.6 Å². The van der Waals surface area contributed by atoms with Crippen LogP contribution in [0.25, 0.3) is 0 Å². The summed E-state index contributed by atoms with van der Waals surface area (Å²) in [7, 11) is 0. The fourth-order valence-electron chi connectivity index (χ4n) is 3.82. The van der Waals surface area contributed by atoms with Gasteiger partial charge < -0.3 is 36.4 Å². The molecule has 0 spiro atoms. The molecule has 0 aromatic heterocycles. The van der Waals surface area contributed by atoms with Gasteiger partial charge in [0.2, 0.25) is 29.5 Å². The van der Waals surface area contributed by atoms with E-state index in [9.17, 15) is 38.4 Å². The Kier molecular flexibility index (Phi) is 15.3. The number of carboxylic acid groups (broad SMARTS) is 1. The number of ether oxygens (including phenoxy) is 1. The Morgan fingerprint density at radius 2 is 1.36 bits per heavy atom. The molecule has 1 aromatic carbocycles. The Labute approximate surface area is 252 Å². The topological polar surface area (TPSA) is 229 Å². The van der Waals surface area contributed by atoms with Crippen LogP contribution in [0.15, 0.2) is 42.5 Å². The molecule has 7 amide bonds. The highest BCUT2D eigenvalue weighted by atomic mass is 16.5. The molecular formula is C28H36N6O10. The maximum Gasteiger partial charge on any atom is 0.329 e. The number of carbonyl (C=O) groups excluding carboxylic acids is 7. The van der Waals surface area contributed by atoms with Crippen molar-refractivity contribution in [2.75, 3.05) is 39.5 Å². The minimum absolute atomic E-state index is 0.0906. The Balaban J connectivity index is 1.69. The Bertz CT molecular complexity index is 1220. The van der Waals surface area contributed by atoms with Crippen molar-refractivity contribution in [3.63, 3.8) is 0 Å². The van der Waals surface area contributed by atoms with E-state index in [4.69, 9.17) is 9.84 Å². The number of carboxylic acids is 1. The van der Waals surface area contributed by atoms with Crippen LogP contribution in [0.3, 0.4) is 0 Å². The summed E-state index contributed by atoms with van der Waals surface area (Å²) in [5.74, 6) is -4.92. The molecule has 2 rings (SSSR count). The van der Waals surface area contributed by atoms with Gasteiger partial charge in [-0.25, -0.2) is 4.79 Å². The third kappa shape index (κ3) is 14.2. The van der Waals surface area contributed by atoms with Crippen LogP contribution in [0.4, 0.5) is 0 Å². The fraction of sp³-hybridized carbons (Fsp3) is 0.429. The average Bonchev–Trinajstić information content (AvgIpc) is 3.32. The summed E-state index contributed by atoms with van der Waals surface area (Å²) in [6, 6.07) is 7.69. The first kappa shape index (κ1) is 35.1. The van der Waals surface area contributed by atoms with E-state index in [0.29, 0.717) is 19.3 Å². The molecule has 44 heavy (non-hydrogen) atoms. The molecule has 16 nitrogen and oxygen atoms in total. The van der Waals surface area contributed by atoms with E-state index in [-0.39, 0.29) is 50.4 Å². The zero-order valence-electron chi connectivity index (χ0n) is 24.0. The van der Waals surface area contributed by atoms with E-state index >= 15 is 0 Å². The molecule has 1 aliphatic heterocycles. The minimum Gasteiger partial charge on any atom is -0.480 e. The highest BCUT2D eigenvalue weighted by molar-refractivity contribution is 6.12. The van der Waals surface area contributed by atoms with Crippen molar-refractivity contribution in [2.24, 2.45) is 0 Å². The van der Waals surface area contributed by atoms with Crippen molar-refractivity contribution in [2.45, 2.75) is 38.1 Å². The second kappa shape index (κ2) is 19.1. The van der Waals surface area contributed by atoms with E-state index in [0.717, 1.165) is 10.5 Å². The van der Waals surface area contributed by atoms with Gasteiger partial charge in [0, 0.05) is 31.5 Å². The fourth-order valence-corrected chi connectivity index (χ4v) is 3.82. The molecule has 0 bridgehead atoms. The molecular weight excluding hydrogens is 580 g/mol. The maximum absolute atomic E-state index is 12.8. The zero-order chi connectivity index (χ0) is 32.3. The summed E-state index contributed by atoms with van der Waals surface area (Å²) in [4.78, 5) is 95.9. The number of hydrogen-bond donors (Lipinski definition) is 6. The third-order valence-electron chi connectivity index (χ3n) is 6.03. The number of unbranched alkanes of at least 4 members (excludes halogenated alkanes) is 2. The molecule has 1 atom stereocenters. The van der Waals surface area contributed by atoms with E-state index < -0.39 is 55.3 Å². The molecule has 6 N–H and O–H groups in total. The molecule has 1 aliphatic rings. The molecule has 0 fully saturated rings. The summed E-state index contributed by atoms with van der Waals surface area (Å²) in [6.07, 6.45) is 4.28. The lowest BCUT2D eigenvalue weighted by Gasteiger charge is -2.19. The minimum atomic E-state index is -1.21. The molecule has 0 saturated heterocycles.